The maximum Gasteiger partial charge on any atom is 0.0346 e. The highest BCUT2D eigenvalue weighted by Crippen LogP contribution is 2.34. The zero-order valence-electron chi connectivity index (χ0n) is 13.2. The van der Waals surface area contributed by atoms with E-state index in [9.17, 15) is 0 Å². The average Bonchev–Trinajstić information content (AvgIpc) is 3.20. The van der Waals surface area contributed by atoms with E-state index in [2.05, 4.69) is 64.9 Å². The molecule has 2 aromatic carbocycles. The molecular weight excluding hydrogens is 300 g/mol. The molecule has 0 radical (unpaired) electrons. The van der Waals surface area contributed by atoms with Crippen molar-refractivity contribution < 1.29 is 0 Å². The Balaban J connectivity index is 1.54. The number of thiophene rings is 1. The zero-order chi connectivity index (χ0) is 15.6. The maximum atomic E-state index is 6.06. The van der Waals surface area contributed by atoms with Gasteiger partial charge in [-0.3, -0.25) is 4.90 Å². The summed E-state index contributed by atoms with van der Waals surface area (Å²) in [4.78, 5) is 2.57. The first-order valence-electron chi connectivity index (χ1n) is 8.27. The van der Waals surface area contributed by atoms with Crippen molar-refractivity contribution in [2.45, 2.75) is 12.5 Å². The minimum atomic E-state index is 0.558. The van der Waals surface area contributed by atoms with E-state index in [1.807, 2.05) is 11.3 Å². The second kappa shape index (κ2) is 6.44. The van der Waals surface area contributed by atoms with Crippen molar-refractivity contribution in [1.29, 1.82) is 0 Å². The Morgan fingerprint density at radius 3 is 2.61 bits per heavy atom. The van der Waals surface area contributed by atoms with Gasteiger partial charge in [0.2, 0.25) is 0 Å². The van der Waals surface area contributed by atoms with Crippen molar-refractivity contribution in [3.05, 3.63) is 71.1 Å². The molecule has 1 aliphatic heterocycles. The van der Waals surface area contributed by atoms with Gasteiger partial charge in [0.1, 0.15) is 0 Å². The molecule has 118 valence electrons. The van der Waals surface area contributed by atoms with Crippen LogP contribution in [-0.4, -0.2) is 24.5 Å². The van der Waals surface area contributed by atoms with Gasteiger partial charge in [-0.2, -0.15) is 0 Å². The number of benzene rings is 2. The summed E-state index contributed by atoms with van der Waals surface area (Å²) < 4.78 is 1.39. The van der Waals surface area contributed by atoms with E-state index in [1.165, 1.54) is 21.2 Å². The summed E-state index contributed by atoms with van der Waals surface area (Å²) in [6.07, 6.45) is 0. The number of fused-ring (bicyclic) bond motifs is 1. The van der Waals surface area contributed by atoms with Crippen LogP contribution in [-0.2, 0) is 6.54 Å². The topological polar surface area (TPSA) is 29.3 Å². The summed E-state index contributed by atoms with van der Waals surface area (Å²) in [5.74, 6) is 1.12. The van der Waals surface area contributed by atoms with E-state index in [1.54, 1.807) is 0 Å². The smallest absolute Gasteiger partial charge is 0.0346 e. The molecule has 0 aliphatic carbocycles. The molecule has 1 fully saturated rings. The molecule has 0 bridgehead atoms. The molecule has 0 unspecified atom stereocenters. The van der Waals surface area contributed by atoms with Gasteiger partial charge < -0.3 is 5.73 Å². The Kier molecular flexibility index (Phi) is 4.17. The minimum Gasteiger partial charge on any atom is -0.330 e. The molecule has 2 nitrogen and oxygen atoms in total. The molecule has 4 rings (SSSR count). The second-order valence-corrected chi connectivity index (χ2v) is 7.38. The normalized spacial score (nSPS) is 22.0. The van der Waals surface area contributed by atoms with Crippen LogP contribution in [0.4, 0.5) is 0 Å². The highest BCUT2D eigenvalue weighted by atomic mass is 32.1. The average molecular weight is 322 g/mol. The fraction of sp³-hybridized carbons (Fsp3) is 0.300. The molecular formula is C20H22N2S. The van der Waals surface area contributed by atoms with Crippen LogP contribution in [0.5, 0.6) is 0 Å². The van der Waals surface area contributed by atoms with Gasteiger partial charge >= 0.3 is 0 Å². The number of rotatable bonds is 4. The van der Waals surface area contributed by atoms with Gasteiger partial charge in [-0.1, -0.05) is 48.5 Å². The first kappa shape index (κ1) is 14.9. The molecule has 0 amide bonds. The van der Waals surface area contributed by atoms with Gasteiger partial charge in [-0.25, -0.2) is 0 Å². The van der Waals surface area contributed by atoms with Crippen LogP contribution in [0.15, 0.2) is 60.0 Å². The van der Waals surface area contributed by atoms with Crippen molar-refractivity contribution in [2.75, 3.05) is 19.6 Å². The Morgan fingerprint density at radius 1 is 1.00 bits per heavy atom. The molecule has 0 saturated carbocycles. The quantitative estimate of drug-likeness (QED) is 0.784. The van der Waals surface area contributed by atoms with Gasteiger partial charge in [0.15, 0.2) is 0 Å². The highest BCUT2D eigenvalue weighted by Gasteiger charge is 2.32. The predicted molar refractivity (Wildman–Crippen MR) is 98.8 cm³/mol. The Labute approximate surface area is 141 Å². The lowest BCUT2D eigenvalue weighted by Crippen LogP contribution is -2.23. The lowest BCUT2D eigenvalue weighted by molar-refractivity contribution is 0.318. The van der Waals surface area contributed by atoms with Crippen molar-refractivity contribution in [3.63, 3.8) is 0 Å². The number of hydrogen-bond donors (Lipinski definition) is 1. The molecule has 1 saturated heterocycles. The summed E-state index contributed by atoms with van der Waals surface area (Å²) in [5, 5.41) is 3.72. The standard InChI is InChI=1S/C20H22N2S/c21-10-16-11-22(13-19(16)15-6-2-1-3-7-15)12-17-14-23-20-9-5-4-8-18(17)20/h1-9,14,16,19H,10-13,21H2/t16-,19+/m1/s1. The van der Waals surface area contributed by atoms with Crippen molar-refractivity contribution in [1.82, 2.24) is 4.90 Å². The highest BCUT2D eigenvalue weighted by molar-refractivity contribution is 7.17. The van der Waals surface area contributed by atoms with E-state index in [0.29, 0.717) is 11.8 Å². The number of nitrogens with zero attached hydrogens (tertiary/aromatic N) is 1. The molecule has 2 N–H and O–H groups in total. The number of hydrogen-bond acceptors (Lipinski definition) is 3. The lowest BCUT2D eigenvalue weighted by Gasteiger charge is -2.16. The predicted octanol–water partition coefficient (Wildman–Crippen LogP) is 4.08. The van der Waals surface area contributed by atoms with E-state index in [4.69, 9.17) is 5.73 Å². The van der Waals surface area contributed by atoms with E-state index in [0.717, 1.165) is 26.2 Å². The largest absolute Gasteiger partial charge is 0.330 e. The van der Waals surface area contributed by atoms with Gasteiger partial charge in [0.05, 0.1) is 0 Å². The van der Waals surface area contributed by atoms with Gasteiger partial charge in [-0.15, -0.1) is 11.3 Å². The van der Waals surface area contributed by atoms with Crippen LogP contribution in [0, 0.1) is 5.92 Å². The van der Waals surface area contributed by atoms with Gasteiger partial charge in [0.25, 0.3) is 0 Å². The molecule has 2 atom stereocenters. The molecule has 2 heterocycles. The first-order valence-corrected chi connectivity index (χ1v) is 9.15. The van der Waals surface area contributed by atoms with Gasteiger partial charge in [0, 0.05) is 30.3 Å². The molecule has 0 spiro atoms. The fourth-order valence-electron chi connectivity index (χ4n) is 3.80. The Morgan fingerprint density at radius 2 is 1.78 bits per heavy atom. The lowest BCUT2D eigenvalue weighted by atomic mass is 9.89. The summed E-state index contributed by atoms with van der Waals surface area (Å²) >= 11 is 1.85. The van der Waals surface area contributed by atoms with Crippen LogP contribution in [0.2, 0.25) is 0 Å². The summed E-state index contributed by atoms with van der Waals surface area (Å²) in [5.41, 5.74) is 8.95. The number of likely N-dealkylation sites (tertiary alicyclic amines) is 1. The maximum absolute atomic E-state index is 6.06. The van der Waals surface area contributed by atoms with E-state index >= 15 is 0 Å². The van der Waals surface area contributed by atoms with Crippen molar-refractivity contribution in [3.8, 4) is 0 Å². The van der Waals surface area contributed by atoms with Crippen LogP contribution in [0.1, 0.15) is 17.0 Å². The van der Waals surface area contributed by atoms with Crippen molar-refractivity contribution in [2.24, 2.45) is 11.7 Å². The molecule has 23 heavy (non-hydrogen) atoms. The van der Waals surface area contributed by atoms with E-state index in [-0.39, 0.29) is 0 Å². The van der Waals surface area contributed by atoms with Gasteiger partial charge in [-0.05, 0) is 40.4 Å². The summed E-state index contributed by atoms with van der Waals surface area (Å²) in [6.45, 7) is 4.00. The van der Waals surface area contributed by atoms with Crippen molar-refractivity contribution >= 4 is 21.4 Å². The second-order valence-electron chi connectivity index (χ2n) is 6.46. The fourth-order valence-corrected chi connectivity index (χ4v) is 4.76. The third kappa shape index (κ3) is 2.92. The summed E-state index contributed by atoms with van der Waals surface area (Å²) in [7, 11) is 0. The molecule has 3 heteroatoms. The SMILES string of the molecule is NC[C@@H]1CN(Cc2csc3ccccc23)C[C@H]1c1ccccc1. The minimum absolute atomic E-state index is 0.558. The van der Waals surface area contributed by atoms with E-state index < -0.39 is 0 Å². The number of nitrogens with two attached hydrogens (primary N) is 1. The third-order valence-electron chi connectivity index (χ3n) is 5.00. The molecule has 1 aromatic heterocycles. The molecule has 1 aliphatic rings. The Hall–Kier alpha value is -1.68. The zero-order valence-corrected chi connectivity index (χ0v) is 14.0. The van der Waals surface area contributed by atoms with Crippen LogP contribution in [0.25, 0.3) is 10.1 Å². The summed E-state index contributed by atoms with van der Waals surface area (Å²) in [6, 6.07) is 19.6. The first-order chi connectivity index (χ1) is 11.3. The molecule has 3 aromatic rings. The third-order valence-corrected chi connectivity index (χ3v) is 6.01. The van der Waals surface area contributed by atoms with Crippen LogP contribution in [0.3, 0.4) is 0 Å². The monoisotopic (exact) mass is 322 g/mol. The van der Waals surface area contributed by atoms with Crippen LogP contribution < -0.4 is 5.73 Å². The Bertz CT molecular complexity index is 780. The van der Waals surface area contributed by atoms with Crippen LogP contribution >= 0.6 is 11.3 Å².